The lowest BCUT2D eigenvalue weighted by molar-refractivity contribution is -0.140. The van der Waals surface area contributed by atoms with E-state index in [9.17, 15) is 9.59 Å². The Balaban J connectivity index is 0. The maximum absolute atomic E-state index is 10.5. The van der Waals surface area contributed by atoms with Gasteiger partial charge in [-0.15, -0.1) is 0 Å². The van der Waals surface area contributed by atoms with Gasteiger partial charge in [0.15, 0.2) is 0 Å². The molecule has 0 aromatic heterocycles. The van der Waals surface area contributed by atoms with Crippen LogP contribution in [0, 0.1) is 0 Å². The molecule has 0 aromatic rings. The summed E-state index contributed by atoms with van der Waals surface area (Å²) in [5.74, 6) is -2.72. The Morgan fingerprint density at radius 1 is 0.833 bits per heavy atom. The first-order valence-electron chi connectivity index (χ1n) is 5.86. The van der Waals surface area contributed by atoms with Crippen molar-refractivity contribution in [1.29, 1.82) is 0 Å². The first-order chi connectivity index (χ1) is 8.45. The molecule has 0 rings (SSSR count). The third kappa shape index (κ3) is 8.72. The molecular weight excluding hydrogens is 240 g/mol. The number of hydrogen-bond acceptors (Lipinski definition) is 4. The van der Waals surface area contributed by atoms with Gasteiger partial charge in [0.2, 0.25) is 0 Å². The first-order valence-corrected chi connectivity index (χ1v) is 5.86. The lowest BCUT2D eigenvalue weighted by Crippen LogP contribution is -2.14. The van der Waals surface area contributed by atoms with E-state index in [0.29, 0.717) is 18.4 Å². The monoisotopic (exact) mass is 262 g/mol. The second-order valence-electron chi connectivity index (χ2n) is 3.45. The molecule has 6 heteroatoms. The van der Waals surface area contributed by atoms with E-state index in [-0.39, 0.29) is 13.2 Å². The van der Waals surface area contributed by atoms with Crippen LogP contribution in [0.5, 0.6) is 0 Å². The van der Waals surface area contributed by atoms with E-state index in [2.05, 4.69) is 0 Å². The van der Waals surface area contributed by atoms with E-state index >= 15 is 0 Å². The highest BCUT2D eigenvalue weighted by Gasteiger charge is 2.19. The summed E-state index contributed by atoms with van der Waals surface area (Å²) in [7, 11) is 0. The summed E-state index contributed by atoms with van der Waals surface area (Å²) in [6, 6.07) is 0. The number of unbranched alkanes of at least 4 members (excludes halogenated alkanes) is 1. The van der Waals surface area contributed by atoms with Crippen LogP contribution in [-0.2, 0) is 9.59 Å². The summed E-state index contributed by atoms with van der Waals surface area (Å²) in [6.07, 6.45) is 2.36. The molecule has 106 valence electrons. The van der Waals surface area contributed by atoms with Crippen molar-refractivity contribution in [3.05, 3.63) is 11.1 Å². The molecule has 0 unspecified atom stereocenters. The largest absolute Gasteiger partial charge is 0.477 e. The van der Waals surface area contributed by atoms with Crippen molar-refractivity contribution in [1.82, 2.24) is 0 Å². The van der Waals surface area contributed by atoms with E-state index in [1.54, 1.807) is 13.8 Å². The Morgan fingerprint density at radius 3 is 1.28 bits per heavy atom. The summed E-state index contributed by atoms with van der Waals surface area (Å²) in [5, 5.41) is 33.2. The number of aliphatic hydroxyl groups is 2. The molecule has 0 amide bonds. The summed E-state index contributed by atoms with van der Waals surface area (Å²) in [5.41, 5.74) is -0.0185. The maximum Gasteiger partial charge on any atom is 0.343 e. The Morgan fingerprint density at radius 2 is 1.17 bits per heavy atom. The van der Waals surface area contributed by atoms with Crippen molar-refractivity contribution < 1.29 is 30.0 Å². The molecule has 0 aliphatic rings. The quantitative estimate of drug-likeness (QED) is 0.236. The third-order valence-electron chi connectivity index (χ3n) is 2.20. The Labute approximate surface area is 107 Å². The van der Waals surface area contributed by atoms with Crippen molar-refractivity contribution in [3.8, 4) is 0 Å². The minimum absolute atomic E-state index is 0.195. The minimum atomic E-state index is -1.36. The molecule has 0 aliphatic heterocycles. The predicted octanol–water partition coefficient (Wildman–Crippen LogP) is 1.02. The van der Waals surface area contributed by atoms with Crippen LogP contribution in [-0.4, -0.2) is 45.6 Å². The molecule has 0 bridgehead atoms. The van der Waals surface area contributed by atoms with Gasteiger partial charge in [-0.25, -0.2) is 9.59 Å². The Bertz CT molecular complexity index is 256. The average Bonchev–Trinajstić information content (AvgIpc) is 2.32. The van der Waals surface area contributed by atoms with Crippen LogP contribution < -0.4 is 0 Å². The first kappa shape index (κ1) is 19.0. The molecule has 18 heavy (non-hydrogen) atoms. The molecule has 0 spiro atoms. The molecule has 0 saturated heterocycles. The number of aliphatic hydroxyl groups excluding tert-OH is 2. The van der Waals surface area contributed by atoms with Gasteiger partial charge < -0.3 is 20.4 Å². The Kier molecular flexibility index (Phi) is 12.7. The smallest absolute Gasteiger partial charge is 0.343 e. The van der Waals surface area contributed by atoms with Gasteiger partial charge in [0.25, 0.3) is 0 Å². The van der Waals surface area contributed by atoms with Gasteiger partial charge in [-0.3, -0.25) is 0 Å². The van der Waals surface area contributed by atoms with Gasteiger partial charge in [-0.1, -0.05) is 13.8 Å². The average molecular weight is 262 g/mol. The number of rotatable bonds is 7. The molecule has 0 aliphatic carbocycles. The number of aliphatic carboxylic acids is 2. The van der Waals surface area contributed by atoms with Gasteiger partial charge in [0, 0.05) is 13.2 Å². The third-order valence-corrected chi connectivity index (χ3v) is 2.20. The van der Waals surface area contributed by atoms with Crippen molar-refractivity contribution in [2.24, 2.45) is 0 Å². The second kappa shape index (κ2) is 12.1. The van der Waals surface area contributed by atoms with E-state index < -0.39 is 17.5 Å². The summed E-state index contributed by atoms with van der Waals surface area (Å²) in [4.78, 5) is 20.9. The Hall–Kier alpha value is -1.40. The fourth-order valence-electron chi connectivity index (χ4n) is 1.22. The molecule has 0 saturated carbocycles. The minimum Gasteiger partial charge on any atom is -0.477 e. The van der Waals surface area contributed by atoms with Crippen LogP contribution in [0.2, 0.25) is 0 Å². The van der Waals surface area contributed by atoms with Crippen molar-refractivity contribution in [2.45, 2.75) is 39.5 Å². The van der Waals surface area contributed by atoms with E-state index in [0.717, 1.165) is 12.8 Å². The van der Waals surface area contributed by atoms with Gasteiger partial charge >= 0.3 is 11.9 Å². The number of carboxylic acids is 2. The predicted molar refractivity (Wildman–Crippen MR) is 66.3 cm³/mol. The zero-order valence-electron chi connectivity index (χ0n) is 10.8. The summed E-state index contributed by atoms with van der Waals surface area (Å²) >= 11 is 0. The molecular formula is C12H22O6. The van der Waals surface area contributed by atoms with E-state index in [4.69, 9.17) is 20.4 Å². The van der Waals surface area contributed by atoms with Gasteiger partial charge in [0.05, 0.1) is 0 Å². The highest BCUT2D eigenvalue weighted by atomic mass is 16.4. The summed E-state index contributed by atoms with van der Waals surface area (Å²) in [6.45, 7) is 3.87. The van der Waals surface area contributed by atoms with Crippen LogP contribution in [0.25, 0.3) is 0 Å². The van der Waals surface area contributed by atoms with Crippen molar-refractivity contribution in [2.75, 3.05) is 13.2 Å². The van der Waals surface area contributed by atoms with Gasteiger partial charge in [0.1, 0.15) is 5.57 Å². The fourth-order valence-corrected chi connectivity index (χ4v) is 1.22. The van der Waals surface area contributed by atoms with Gasteiger partial charge in [-0.05, 0) is 31.3 Å². The number of allylic oxidation sites excluding steroid dienone is 1. The SMILES string of the molecule is CCC(CC)=C(C(=O)O)C(=O)O.OCCCCO. The van der Waals surface area contributed by atoms with Crippen LogP contribution in [0.1, 0.15) is 39.5 Å². The second-order valence-corrected chi connectivity index (χ2v) is 3.45. The number of carboxylic acid groups (broad SMARTS) is 2. The molecule has 0 aromatic carbocycles. The van der Waals surface area contributed by atoms with Crippen LogP contribution >= 0.6 is 0 Å². The molecule has 0 fully saturated rings. The zero-order chi connectivity index (χ0) is 14.6. The van der Waals surface area contributed by atoms with Crippen molar-refractivity contribution in [3.63, 3.8) is 0 Å². The maximum atomic E-state index is 10.5. The molecule has 0 atom stereocenters. The van der Waals surface area contributed by atoms with Crippen LogP contribution in [0.15, 0.2) is 11.1 Å². The van der Waals surface area contributed by atoms with E-state index in [1.807, 2.05) is 0 Å². The highest BCUT2D eigenvalue weighted by Crippen LogP contribution is 2.13. The zero-order valence-corrected chi connectivity index (χ0v) is 10.8. The van der Waals surface area contributed by atoms with Crippen molar-refractivity contribution >= 4 is 11.9 Å². The van der Waals surface area contributed by atoms with Gasteiger partial charge in [-0.2, -0.15) is 0 Å². The molecule has 0 heterocycles. The molecule has 0 radical (unpaired) electrons. The molecule has 4 N–H and O–H groups in total. The number of carbonyl (C=O) groups is 2. The highest BCUT2D eigenvalue weighted by molar-refractivity contribution is 6.13. The van der Waals surface area contributed by atoms with Crippen LogP contribution in [0.4, 0.5) is 0 Å². The van der Waals surface area contributed by atoms with Crippen LogP contribution in [0.3, 0.4) is 0 Å². The summed E-state index contributed by atoms with van der Waals surface area (Å²) < 4.78 is 0. The standard InChI is InChI=1S/C8H12O4.C4H10O2/c1-3-5(4-2)6(7(9)10)8(11)12;5-3-1-2-4-6/h3-4H2,1-2H3,(H,9,10)(H,11,12);5-6H,1-4H2. The molecule has 6 nitrogen and oxygen atoms in total. The fraction of sp³-hybridized carbons (Fsp3) is 0.667. The lowest BCUT2D eigenvalue weighted by atomic mass is 10.0. The number of hydrogen-bond donors (Lipinski definition) is 4. The normalized spacial score (nSPS) is 9.11. The topological polar surface area (TPSA) is 115 Å². The van der Waals surface area contributed by atoms with E-state index in [1.165, 1.54) is 0 Å². The lowest BCUT2D eigenvalue weighted by Gasteiger charge is -2.03.